The first kappa shape index (κ1) is 19.7. The predicted octanol–water partition coefficient (Wildman–Crippen LogP) is 1.85. The molecule has 5 heteroatoms. The number of carbonyl (C=O) groups excluding carboxylic acids is 1. The minimum Gasteiger partial charge on any atom is -0.379 e. The van der Waals surface area contributed by atoms with Crippen molar-refractivity contribution in [2.45, 2.75) is 33.6 Å². The highest BCUT2D eigenvalue weighted by Crippen LogP contribution is 1.87. The Labute approximate surface area is 113 Å². The van der Waals surface area contributed by atoms with Gasteiger partial charge in [-0.25, -0.2) is 0 Å². The van der Waals surface area contributed by atoms with E-state index in [1.54, 1.807) is 0 Å². The zero-order valence-corrected chi connectivity index (χ0v) is 12.3. The molecule has 0 aromatic heterocycles. The summed E-state index contributed by atoms with van der Waals surface area (Å²) < 4.78 is 15.2. The van der Waals surface area contributed by atoms with Crippen LogP contribution in [-0.2, 0) is 19.0 Å². The van der Waals surface area contributed by atoms with Crippen molar-refractivity contribution in [2.75, 3.05) is 46.7 Å². The Morgan fingerprint density at radius 2 is 1.72 bits per heavy atom. The smallest absolute Gasteiger partial charge is 0.246 e. The molecule has 0 aromatic rings. The summed E-state index contributed by atoms with van der Waals surface area (Å²) in [6.07, 6.45) is 2.24. The molecule has 0 aliphatic rings. The standard InChI is InChI=1S/C11H23NO4.C2H6.H2/c1-3-4-6-15-8-9-16-7-5-12-11(13)10-14-2;1-2;/h3-10H2,1-2H3,(H,12,13);1-2H3;1H. The lowest BCUT2D eigenvalue weighted by atomic mass is 10.4. The van der Waals surface area contributed by atoms with Gasteiger partial charge in [-0.15, -0.1) is 0 Å². The molecule has 18 heavy (non-hydrogen) atoms. The molecule has 0 heterocycles. The molecule has 0 unspecified atom stereocenters. The first-order chi connectivity index (χ1) is 8.81. The van der Waals surface area contributed by atoms with Crippen LogP contribution in [0.1, 0.15) is 35.0 Å². The maximum atomic E-state index is 10.9. The van der Waals surface area contributed by atoms with Crippen LogP contribution in [0, 0.1) is 0 Å². The molecule has 0 bridgehead atoms. The van der Waals surface area contributed by atoms with E-state index in [1.807, 2.05) is 13.8 Å². The molecule has 0 saturated heterocycles. The lowest BCUT2D eigenvalue weighted by molar-refractivity contribution is -0.124. The van der Waals surface area contributed by atoms with Crippen molar-refractivity contribution >= 4 is 5.91 Å². The average molecular weight is 265 g/mol. The van der Waals surface area contributed by atoms with Gasteiger partial charge in [-0.1, -0.05) is 27.2 Å². The monoisotopic (exact) mass is 265 g/mol. The fourth-order valence-electron chi connectivity index (χ4n) is 1.01. The minimum atomic E-state index is -0.120. The summed E-state index contributed by atoms with van der Waals surface area (Å²) in [5.41, 5.74) is 0. The molecule has 0 aromatic carbocycles. The molecule has 1 amide bonds. The summed E-state index contributed by atoms with van der Waals surface area (Å²) in [6, 6.07) is 0. The van der Waals surface area contributed by atoms with Crippen molar-refractivity contribution in [2.24, 2.45) is 0 Å². The topological polar surface area (TPSA) is 56.8 Å². The van der Waals surface area contributed by atoms with Gasteiger partial charge < -0.3 is 19.5 Å². The molecule has 0 saturated carbocycles. The molecule has 0 rings (SSSR count). The molecule has 0 aliphatic carbocycles. The van der Waals surface area contributed by atoms with Crippen LogP contribution in [-0.4, -0.2) is 52.6 Å². The van der Waals surface area contributed by atoms with Gasteiger partial charge in [-0.3, -0.25) is 4.79 Å². The maximum Gasteiger partial charge on any atom is 0.246 e. The molecular weight excluding hydrogens is 234 g/mol. The first-order valence-corrected chi connectivity index (χ1v) is 6.72. The van der Waals surface area contributed by atoms with Crippen LogP contribution in [0.15, 0.2) is 0 Å². The van der Waals surface area contributed by atoms with Crippen molar-refractivity contribution in [1.29, 1.82) is 0 Å². The summed E-state index contributed by atoms with van der Waals surface area (Å²) in [6.45, 7) is 9.23. The second-order valence-corrected chi connectivity index (χ2v) is 3.36. The number of methoxy groups -OCH3 is 1. The van der Waals surface area contributed by atoms with Gasteiger partial charge >= 0.3 is 0 Å². The lowest BCUT2D eigenvalue weighted by Gasteiger charge is -2.06. The number of amides is 1. The molecule has 0 fully saturated rings. The van der Waals surface area contributed by atoms with Crippen LogP contribution in [0.5, 0.6) is 0 Å². The number of ether oxygens (including phenoxy) is 3. The van der Waals surface area contributed by atoms with E-state index in [-0.39, 0.29) is 13.9 Å². The van der Waals surface area contributed by atoms with E-state index in [2.05, 4.69) is 17.0 Å². The number of hydrogen-bond acceptors (Lipinski definition) is 4. The molecule has 0 atom stereocenters. The minimum absolute atomic E-state index is 0. The number of nitrogens with one attached hydrogen (secondary N) is 1. The second kappa shape index (κ2) is 18.7. The van der Waals surface area contributed by atoms with Gasteiger partial charge in [-0.05, 0) is 6.42 Å². The molecular formula is C13H31NO4. The third-order valence-electron chi connectivity index (χ3n) is 1.86. The first-order valence-electron chi connectivity index (χ1n) is 6.72. The van der Waals surface area contributed by atoms with Gasteiger partial charge in [0, 0.05) is 21.7 Å². The lowest BCUT2D eigenvalue weighted by Crippen LogP contribution is -2.30. The van der Waals surface area contributed by atoms with Crippen molar-refractivity contribution in [3.63, 3.8) is 0 Å². The van der Waals surface area contributed by atoms with Gasteiger partial charge in [-0.2, -0.15) is 0 Å². The Morgan fingerprint density at radius 1 is 1.11 bits per heavy atom. The van der Waals surface area contributed by atoms with Gasteiger partial charge in [0.15, 0.2) is 0 Å². The Bertz CT molecular complexity index is 171. The third-order valence-corrected chi connectivity index (χ3v) is 1.86. The molecule has 112 valence electrons. The predicted molar refractivity (Wildman–Crippen MR) is 74.9 cm³/mol. The molecule has 0 spiro atoms. The van der Waals surface area contributed by atoms with E-state index in [1.165, 1.54) is 7.11 Å². The largest absolute Gasteiger partial charge is 0.379 e. The summed E-state index contributed by atoms with van der Waals surface area (Å²) >= 11 is 0. The Kier molecular flexibility index (Phi) is 20.5. The van der Waals surface area contributed by atoms with Gasteiger partial charge in [0.2, 0.25) is 5.91 Å². The van der Waals surface area contributed by atoms with E-state index in [9.17, 15) is 4.79 Å². The molecule has 5 nitrogen and oxygen atoms in total. The summed E-state index contributed by atoms with van der Waals surface area (Å²) in [4.78, 5) is 10.9. The van der Waals surface area contributed by atoms with E-state index >= 15 is 0 Å². The second-order valence-electron chi connectivity index (χ2n) is 3.36. The van der Waals surface area contributed by atoms with Crippen molar-refractivity contribution in [1.82, 2.24) is 5.32 Å². The fraction of sp³-hybridized carbons (Fsp3) is 0.923. The molecule has 0 aliphatic heterocycles. The van der Waals surface area contributed by atoms with Crippen LogP contribution >= 0.6 is 0 Å². The van der Waals surface area contributed by atoms with Crippen molar-refractivity contribution in [3.05, 3.63) is 0 Å². The quantitative estimate of drug-likeness (QED) is 0.579. The highest BCUT2D eigenvalue weighted by molar-refractivity contribution is 5.77. The SMILES string of the molecule is CC.CCCCOCCOCCNC(=O)COC.[HH]. The van der Waals surface area contributed by atoms with Gasteiger partial charge in [0.25, 0.3) is 0 Å². The molecule has 0 radical (unpaired) electrons. The fourth-order valence-corrected chi connectivity index (χ4v) is 1.01. The van der Waals surface area contributed by atoms with E-state index in [0.717, 1.165) is 19.4 Å². The molecule has 1 N–H and O–H groups in total. The number of hydrogen-bond donors (Lipinski definition) is 1. The summed E-state index contributed by atoms with van der Waals surface area (Å²) in [5.74, 6) is -0.120. The highest BCUT2D eigenvalue weighted by Gasteiger charge is 1.97. The third kappa shape index (κ3) is 17.7. The van der Waals surface area contributed by atoms with E-state index < -0.39 is 0 Å². The number of unbranched alkanes of at least 4 members (excludes halogenated alkanes) is 1. The zero-order chi connectivity index (χ0) is 14.1. The van der Waals surface area contributed by atoms with Crippen molar-refractivity contribution in [3.8, 4) is 0 Å². The Balaban J connectivity index is -0.000000809. The van der Waals surface area contributed by atoms with E-state index in [4.69, 9.17) is 9.47 Å². The van der Waals surface area contributed by atoms with Gasteiger partial charge in [0.1, 0.15) is 6.61 Å². The summed E-state index contributed by atoms with van der Waals surface area (Å²) in [7, 11) is 1.49. The highest BCUT2D eigenvalue weighted by atomic mass is 16.5. The summed E-state index contributed by atoms with van der Waals surface area (Å²) in [5, 5.41) is 2.67. The zero-order valence-electron chi connectivity index (χ0n) is 12.3. The number of carbonyl (C=O) groups is 1. The Hall–Kier alpha value is -0.650. The normalized spacial score (nSPS) is 9.56. The van der Waals surface area contributed by atoms with Crippen LogP contribution in [0.25, 0.3) is 0 Å². The average Bonchev–Trinajstić information content (AvgIpc) is 2.39. The maximum absolute atomic E-state index is 10.9. The Morgan fingerprint density at radius 3 is 2.28 bits per heavy atom. The van der Waals surface area contributed by atoms with Crippen LogP contribution in [0.2, 0.25) is 0 Å². The number of rotatable bonds is 11. The van der Waals surface area contributed by atoms with Crippen molar-refractivity contribution < 1.29 is 20.4 Å². The van der Waals surface area contributed by atoms with Crippen LogP contribution < -0.4 is 5.32 Å². The van der Waals surface area contributed by atoms with E-state index in [0.29, 0.717) is 26.4 Å². The van der Waals surface area contributed by atoms with Gasteiger partial charge in [0.05, 0.1) is 19.8 Å². The van der Waals surface area contributed by atoms with Crippen LogP contribution in [0.3, 0.4) is 0 Å². The van der Waals surface area contributed by atoms with Crippen LogP contribution in [0.4, 0.5) is 0 Å².